The first-order valence-electron chi connectivity index (χ1n) is 1.73. The predicted octanol–water partition coefficient (Wildman–Crippen LogP) is 0.708. The molecule has 0 aromatic heterocycles. The van der Waals surface area contributed by atoms with E-state index in [0.29, 0.717) is 6.61 Å². The molecule has 2 N–H and O–H groups in total. The van der Waals surface area contributed by atoms with Crippen LogP contribution in [0, 0.1) is 0 Å². The minimum absolute atomic E-state index is 0. The van der Waals surface area contributed by atoms with Crippen molar-refractivity contribution in [2.45, 2.75) is 13.3 Å². The van der Waals surface area contributed by atoms with E-state index in [4.69, 9.17) is 0 Å². The summed E-state index contributed by atoms with van der Waals surface area (Å²) in [4.78, 5) is 4.19. The monoisotopic (exact) mass is 111 g/mol. The molecule has 0 aliphatic rings. The lowest BCUT2D eigenvalue weighted by molar-refractivity contribution is 0.138. The Bertz CT molecular complexity index is 18.3. The maximum atomic E-state index is 4.64. The molecule has 0 aliphatic carbocycles. The molecular formula is C3H10ClNO. The largest absolute Gasteiger partial charge is 0.305 e. The van der Waals surface area contributed by atoms with Gasteiger partial charge in [0.25, 0.3) is 0 Å². The Kier molecular flexibility index (Phi) is 14.2. The maximum absolute atomic E-state index is 4.64. The van der Waals surface area contributed by atoms with Crippen molar-refractivity contribution in [3.63, 3.8) is 0 Å². The summed E-state index contributed by atoms with van der Waals surface area (Å²) in [5.74, 6) is 4.64. The van der Waals surface area contributed by atoms with Crippen LogP contribution in [-0.2, 0) is 4.84 Å². The van der Waals surface area contributed by atoms with Crippen LogP contribution in [-0.4, -0.2) is 6.61 Å². The Labute approximate surface area is 44.0 Å². The number of hydrogen-bond donors (Lipinski definition) is 1. The van der Waals surface area contributed by atoms with Crippen LogP contribution in [0.4, 0.5) is 0 Å². The molecule has 0 aliphatic heterocycles. The van der Waals surface area contributed by atoms with Gasteiger partial charge in [-0.1, -0.05) is 6.92 Å². The SMILES string of the molecule is CCCON.Cl. The predicted molar refractivity (Wildman–Crippen MR) is 27.7 cm³/mol. The van der Waals surface area contributed by atoms with E-state index in [1.54, 1.807) is 0 Å². The van der Waals surface area contributed by atoms with Crippen LogP contribution in [0.15, 0.2) is 0 Å². The highest BCUT2D eigenvalue weighted by Crippen LogP contribution is 1.67. The zero-order valence-electron chi connectivity index (χ0n) is 3.81. The molecule has 0 atom stereocenters. The fraction of sp³-hybridized carbons (Fsp3) is 1.00. The second-order valence-corrected chi connectivity index (χ2v) is 0.871. The van der Waals surface area contributed by atoms with Crippen molar-refractivity contribution in [1.82, 2.24) is 0 Å². The quantitative estimate of drug-likeness (QED) is 0.533. The fourth-order valence-electron chi connectivity index (χ4n) is 0.118. The van der Waals surface area contributed by atoms with Crippen molar-refractivity contribution >= 4 is 12.4 Å². The van der Waals surface area contributed by atoms with E-state index in [2.05, 4.69) is 10.7 Å². The Morgan fingerprint density at radius 1 is 1.67 bits per heavy atom. The first-order chi connectivity index (χ1) is 2.41. The van der Waals surface area contributed by atoms with Crippen LogP contribution in [0.25, 0.3) is 0 Å². The summed E-state index contributed by atoms with van der Waals surface area (Å²) in [6.07, 6.45) is 0.997. The molecular weight excluding hydrogens is 101 g/mol. The van der Waals surface area contributed by atoms with Gasteiger partial charge in [-0.2, -0.15) is 0 Å². The molecule has 40 valence electrons. The highest BCUT2D eigenvalue weighted by atomic mass is 35.5. The highest BCUT2D eigenvalue weighted by Gasteiger charge is 1.66. The molecule has 0 aromatic rings. The van der Waals surface area contributed by atoms with Crippen LogP contribution < -0.4 is 5.90 Å². The van der Waals surface area contributed by atoms with Crippen LogP contribution in [0.5, 0.6) is 0 Å². The molecule has 0 saturated heterocycles. The minimum atomic E-state index is 0. The van der Waals surface area contributed by atoms with E-state index < -0.39 is 0 Å². The minimum Gasteiger partial charge on any atom is -0.305 e. The highest BCUT2D eigenvalue weighted by molar-refractivity contribution is 5.85. The van der Waals surface area contributed by atoms with Crippen molar-refractivity contribution in [3.05, 3.63) is 0 Å². The van der Waals surface area contributed by atoms with Gasteiger partial charge in [-0.25, -0.2) is 5.90 Å². The molecule has 0 rings (SSSR count). The lowest BCUT2D eigenvalue weighted by atomic mass is 10.5. The molecule has 0 fully saturated rings. The molecule has 0 heterocycles. The lowest BCUT2D eigenvalue weighted by Crippen LogP contribution is -1.97. The molecule has 0 saturated carbocycles. The van der Waals surface area contributed by atoms with Gasteiger partial charge in [-0.3, -0.25) is 0 Å². The number of halogens is 1. The van der Waals surface area contributed by atoms with E-state index in [1.807, 2.05) is 6.92 Å². The third-order valence-corrected chi connectivity index (χ3v) is 0.322. The first kappa shape index (κ1) is 9.51. The van der Waals surface area contributed by atoms with E-state index in [0.717, 1.165) is 6.42 Å². The molecule has 0 bridgehead atoms. The van der Waals surface area contributed by atoms with Crippen LogP contribution in [0.1, 0.15) is 13.3 Å². The first-order valence-corrected chi connectivity index (χ1v) is 1.73. The second-order valence-electron chi connectivity index (χ2n) is 0.871. The van der Waals surface area contributed by atoms with Gasteiger partial charge in [-0.05, 0) is 6.42 Å². The molecule has 0 spiro atoms. The van der Waals surface area contributed by atoms with Gasteiger partial charge in [0.2, 0.25) is 0 Å². The van der Waals surface area contributed by atoms with Crippen LogP contribution in [0.2, 0.25) is 0 Å². The molecule has 6 heavy (non-hydrogen) atoms. The second kappa shape index (κ2) is 8.96. The van der Waals surface area contributed by atoms with E-state index in [1.165, 1.54) is 0 Å². The van der Waals surface area contributed by atoms with Crippen molar-refractivity contribution in [3.8, 4) is 0 Å². The Morgan fingerprint density at radius 3 is 2.17 bits per heavy atom. The van der Waals surface area contributed by atoms with Crippen molar-refractivity contribution in [2.24, 2.45) is 5.90 Å². The molecule has 0 unspecified atom stereocenters. The van der Waals surface area contributed by atoms with E-state index >= 15 is 0 Å². The summed E-state index contributed by atoms with van der Waals surface area (Å²) >= 11 is 0. The van der Waals surface area contributed by atoms with Crippen LogP contribution in [0.3, 0.4) is 0 Å². The summed E-state index contributed by atoms with van der Waals surface area (Å²) in [7, 11) is 0. The van der Waals surface area contributed by atoms with Gasteiger partial charge in [0, 0.05) is 0 Å². The standard InChI is InChI=1S/C3H9NO.ClH/c1-2-3-5-4;/h2-4H2,1H3;1H. The Hall–Kier alpha value is 0.210. The summed E-state index contributed by atoms with van der Waals surface area (Å²) in [6, 6.07) is 0. The summed E-state index contributed by atoms with van der Waals surface area (Å²) in [6.45, 7) is 2.67. The van der Waals surface area contributed by atoms with Gasteiger partial charge in [0.05, 0.1) is 6.61 Å². The maximum Gasteiger partial charge on any atom is 0.0676 e. The number of hydrogen-bond acceptors (Lipinski definition) is 2. The number of nitrogens with two attached hydrogens (primary N) is 1. The average Bonchev–Trinajstić information content (AvgIpc) is 1.41. The lowest BCUT2D eigenvalue weighted by Gasteiger charge is -1.83. The van der Waals surface area contributed by atoms with Crippen molar-refractivity contribution in [2.75, 3.05) is 6.61 Å². The average molecular weight is 112 g/mol. The van der Waals surface area contributed by atoms with Crippen molar-refractivity contribution < 1.29 is 4.84 Å². The van der Waals surface area contributed by atoms with Gasteiger partial charge in [-0.15, -0.1) is 12.4 Å². The normalized spacial score (nSPS) is 7.00. The van der Waals surface area contributed by atoms with Gasteiger partial charge in [0.1, 0.15) is 0 Å². The summed E-state index contributed by atoms with van der Waals surface area (Å²) in [5, 5.41) is 0. The summed E-state index contributed by atoms with van der Waals surface area (Å²) in [5.41, 5.74) is 0. The smallest absolute Gasteiger partial charge is 0.0676 e. The third kappa shape index (κ3) is 8.88. The molecule has 0 radical (unpaired) electrons. The third-order valence-electron chi connectivity index (χ3n) is 0.322. The zero-order chi connectivity index (χ0) is 4.12. The van der Waals surface area contributed by atoms with E-state index in [-0.39, 0.29) is 12.4 Å². The van der Waals surface area contributed by atoms with Crippen molar-refractivity contribution in [1.29, 1.82) is 0 Å². The van der Waals surface area contributed by atoms with Gasteiger partial charge in [0.15, 0.2) is 0 Å². The van der Waals surface area contributed by atoms with Gasteiger partial charge < -0.3 is 4.84 Å². The van der Waals surface area contributed by atoms with Crippen LogP contribution >= 0.6 is 12.4 Å². The molecule has 3 heteroatoms. The fourth-order valence-corrected chi connectivity index (χ4v) is 0.118. The number of rotatable bonds is 2. The molecule has 2 nitrogen and oxygen atoms in total. The zero-order valence-corrected chi connectivity index (χ0v) is 4.62. The molecule has 0 amide bonds. The summed E-state index contributed by atoms with van der Waals surface area (Å²) < 4.78 is 0. The molecule has 0 aromatic carbocycles. The van der Waals surface area contributed by atoms with Gasteiger partial charge >= 0.3 is 0 Å². The van der Waals surface area contributed by atoms with E-state index in [9.17, 15) is 0 Å². The Morgan fingerprint density at radius 2 is 2.17 bits per heavy atom. The Balaban J connectivity index is 0. The topological polar surface area (TPSA) is 35.2 Å².